The van der Waals surface area contributed by atoms with Gasteiger partial charge in [0, 0.05) is 0 Å². The molecule has 3 rings (SSSR count). The third-order valence-corrected chi connectivity index (χ3v) is 4.11. The van der Waals surface area contributed by atoms with E-state index >= 15 is 0 Å². The summed E-state index contributed by atoms with van der Waals surface area (Å²) < 4.78 is 39.4. The molecule has 0 saturated carbocycles. The number of pyridine rings is 1. The topological polar surface area (TPSA) is 87.7 Å². The number of aromatic amines is 1. The summed E-state index contributed by atoms with van der Waals surface area (Å²) in [6.45, 7) is 1.29. The second-order valence-electron chi connectivity index (χ2n) is 6.26. The van der Waals surface area contributed by atoms with Crippen molar-refractivity contribution in [1.29, 1.82) is 0 Å². The molecule has 2 N–H and O–H groups in total. The quantitative estimate of drug-likeness (QED) is 0.733. The number of carbonyl (C=O) groups is 1. The van der Waals surface area contributed by atoms with E-state index < -0.39 is 29.6 Å². The minimum Gasteiger partial charge on any atom is -0.341 e. The molecule has 2 heterocycles. The van der Waals surface area contributed by atoms with Crippen LogP contribution in [0, 0.1) is 0 Å². The van der Waals surface area contributed by atoms with Crippen LogP contribution in [0.25, 0.3) is 10.9 Å². The zero-order chi connectivity index (χ0) is 19.7. The largest absolute Gasteiger partial charge is 0.391 e. The number of amides is 1. The number of nitrogens with one attached hydrogen (secondary N) is 2. The van der Waals surface area contributed by atoms with Crippen molar-refractivity contribution >= 4 is 16.8 Å². The number of benzene rings is 1. The highest BCUT2D eigenvalue weighted by atomic mass is 19.4. The Bertz CT molecular complexity index is 1030. The number of rotatable bonds is 4. The van der Waals surface area contributed by atoms with Crippen molar-refractivity contribution in [2.75, 3.05) is 0 Å². The first-order chi connectivity index (χ1) is 12.7. The monoisotopic (exact) mass is 376 g/mol. The van der Waals surface area contributed by atoms with E-state index in [1.807, 2.05) is 0 Å². The molecule has 9 heteroatoms. The van der Waals surface area contributed by atoms with E-state index in [-0.39, 0.29) is 16.6 Å². The van der Waals surface area contributed by atoms with Crippen molar-refractivity contribution in [2.24, 2.45) is 0 Å². The van der Waals surface area contributed by atoms with Gasteiger partial charge in [-0.3, -0.25) is 9.59 Å². The molecule has 1 amide bonds. The summed E-state index contributed by atoms with van der Waals surface area (Å²) in [6, 6.07) is 9.08. The van der Waals surface area contributed by atoms with Gasteiger partial charge < -0.3 is 10.3 Å². The highest BCUT2D eigenvalue weighted by molar-refractivity contribution is 5.96. The van der Waals surface area contributed by atoms with Crippen molar-refractivity contribution in [3.05, 3.63) is 70.5 Å². The maximum Gasteiger partial charge on any atom is 0.391 e. The molecule has 1 atom stereocenters. The maximum atomic E-state index is 13.1. The summed E-state index contributed by atoms with van der Waals surface area (Å²) >= 11 is 0. The van der Waals surface area contributed by atoms with Gasteiger partial charge in [-0.25, -0.2) is 9.97 Å². The number of hydrogen-bond acceptors (Lipinski definition) is 4. The van der Waals surface area contributed by atoms with Crippen molar-refractivity contribution in [3.8, 4) is 0 Å². The molecular formula is C18H15F3N4O2. The molecule has 27 heavy (non-hydrogen) atoms. The Morgan fingerprint density at radius 1 is 1.19 bits per heavy atom. The Balaban J connectivity index is 1.97. The fourth-order valence-electron chi connectivity index (χ4n) is 2.84. The van der Waals surface area contributed by atoms with Crippen LogP contribution in [0.2, 0.25) is 0 Å². The Labute approximate surface area is 151 Å². The fraction of sp³-hybridized carbons (Fsp3) is 0.222. The van der Waals surface area contributed by atoms with E-state index in [9.17, 15) is 22.8 Å². The summed E-state index contributed by atoms with van der Waals surface area (Å²) in [4.78, 5) is 34.6. The van der Waals surface area contributed by atoms with Crippen molar-refractivity contribution in [3.63, 3.8) is 0 Å². The molecule has 1 unspecified atom stereocenters. The van der Waals surface area contributed by atoms with Gasteiger partial charge in [-0.1, -0.05) is 30.3 Å². The highest BCUT2D eigenvalue weighted by Gasteiger charge is 2.41. The lowest BCUT2D eigenvalue weighted by Crippen LogP contribution is -2.46. The Hall–Kier alpha value is -3.23. The number of halogens is 3. The maximum absolute atomic E-state index is 13.1. The predicted molar refractivity (Wildman–Crippen MR) is 92.1 cm³/mol. The molecule has 0 aliphatic carbocycles. The van der Waals surface area contributed by atoms with E-state index in [2.05, 4.69) is 20.3 Å². The van der Waals surface area contributed by atoms with E-state index in [1.54, 1.807) is 18.2 Å². The van der Waals surface area contributed by atoms with Gasteiger partial charge in [-0.05, 0) is 18.6 Å². The molecule has 0 bridgehead atoms. The second kappa shape index (κ2) is 6.82. The first kappa shape index (κ1) is 18.6. The van der Waals surface area contributed by atoms with E-state index in [4.69, 9.17) is 0 Å². The molecule has 0 aliphatic heterocycles. The van der Waals surface area contributed by atoms with Crippen molar-refractivity contribution in [1.82, 2.24) is 20.3 Å². The highest BCUT2D eigenvalue weighted by Crippen LogP contribution is 2.34. The molecule has 6 nitrogen and oxygen atoms in total. The summed E-state index contributed by atoms with van der Waals surface area (Å²) in [6.07, 6.45) is -3.34. The molecular weight excluding hydrogens is 361 g/mol. The fourth-order valence-corrected chi connectivity index (χ4v) is 2.84. The van der Waals surface area contributed by atoms with E-state index in [1.165, 1.54) is 37.6 Å². The smallest absolute Gasteiger partial charge is 0.341 e. The molecule has 0 spiro atoms. The molecule has 0 fully saturated rings. The average molecular weight is 376 g/mol. The van der Waals surface area contributed by atoms with Gasteiger partial charge in [0.15, 0.2) is 0 Å². The zero-order valence-electron chi connectivity index (χ0n) is 14.2. The third kappa shape index (κ3) is 4.13. The van der Waals surface area contributed by atoms with Gasteiger partial charge in [-0.15, -0.1) is 0 Å². The van der Waals surface area contributed by atoms with Crippen LogP contribution in [-0.4, -0.2) is 27.0 Å². The van der Waals surface area contributed by atoms with Gasteiger partial charge >= 0.3 is 6.18 Å². The van der Waals surface area contributed by atoms with E-state index in [0.717, 1.165) is 0 Å². The minimum atomic E-state index is -4.50. The number of alkyl halides is 3. The van der Waals surface area contributed by atoms with Crippen LogP contribution in [0.4, 0.5) is 13.2 Å². The van der Waals surface area contributed by atoms with Gasteiger partial charge in [-0.2, -0.15) is 13.2 Å². The van der Waals surface area contributed by atoms with Crippen LogP contribution in [0.15, 0.2) is 53.7 Å². The average Bonchev–Trinajstić information content (AvgIpc) is 2.61. The predicted octanol–water partition coefficient (Wildman–Crippen LogP) is 2.92. The van der Waals surface area contributed by atoms with Crippen LogP contribution in [-0.2, 0) is 5.54 Å². The van der Waals surface area contributed by atoms with Crippen LogP contribution < -0.4 is 10.9 Å². The summed E-state index contributed by atoms with van der Waals surface area (Å²) in [5.74, 6) is -0.823. The standard InChI is InChI=1S/C18H15F3N4O2/c1-17(9-18(19,20)21,11-5-3-2-4-6-11)25-16(27)13-7-12-14(8-22-13)23-10-24-15(12)26/h2-8,10H,9H2,1H3,(H,25,27)(H,23,24,26). The number of nitrogens with zero attached hydrogens (tertiary/aromatic N) is 2. The number of aromatic nitrogens is 3. The Kier molecular flexibility index (Phi) is 4.69. The second-order valence-corrected chi connectivity index (χ2v) is 6.26. The molecule has 0 radical (unpaired) electrons. The molecule has 1 aromatic carbocycles. The number of H-pyrrole nitrogens is 1. The Morgan fingerprint density at radius 2 is 1.89 bits per heavy atom. The first-order valence-corrected chi connectivity index (χ1v) is 7.96. The van der Waals surface area contributed by atoms with Gasteiger partial charge in [0.2, 0.25) is 0 Å². The van der Waals surface area contributed by atoms with Crippen molar-refractivity contribution in [2.45, 2.75) is 25.1 Å². The van der Waals surface area contributed by atoms with Crippen molar-refractivity contribution < 1.29 is 18.0 Å². The van der Waals surface area contributed by atoms with Gasteiger partial charge in [0.05, 0.1) is 35.4 Å². The molecule has 0 saturated heterocycles. The molecule has 140 valence electrons. The van der Waals surface area contributed by atoms with Crippen LogP contribution >= 0.6 is 0 Å². The summed E-state index contributed by atoms with van der Waals surface area (Å²) in [5, 5.41) is 2.53. The number of hydrogen-bond donors (Lipinski definition) is 2. The lowest BCUT2D eigenvalue weighted by atomic mass is 9.88. The van der Waals surface area contributed by atoms with Gasteiger partial charge in [0.25, 0.3) is 11.5 Å². The summed E-state index contributed by atoms with van der Waals surface area (Å²) in [5.41, 5.74) is -1.77. The molecule has 0 aliphatic rings. The van der Waals surface area contributed by atoms with Crippen LogP contribution in [0.5, 0.6) is 0 Å². The number of carbonyl (C=O) groups excluding carboxylic acids is 1. The molecule has 2 aromatic heterocycles. The van der Waals surface area contributed by atoms with Gasteiger partial charge in [0.1, 0.15) is 5.69 Å². The molecule has 3 aromatic rings. The number of fused-ring (bicyclic) bond motifs is 1. The Morgan fingerprint density at radius 3 is 2.56 bits per heavy atom. The third-order valence-electron chi connectivity index (χ3n) is 4.11. The minimum absolute atomic E-state index is 0.120. The lowest BCUT2D eigenvalue weighted by molar-refractivity contribution is -0.148. The SMILES string of the molecule is CC(CC(F)(F)F)(NC(=O)c1cc2c(=O)[nH]cnc2cn1)c1ccccc1. The lowest BCUT2D eigenvalue weighted by Gasteiger charge is -2.32. The van der Waals surface area contributed by atoms with Crippen LogP contribution in [0.3, 0.4) is 0 Å². The normalized spacial score (nSPS) is 13.9. The summed E-state index contributed by atoms with van der Waals surface area (Å²) in [7, 11) is 0. The zero-order valence-corrected chi connectivity index (χ0v) is 14.2. The van der Waals surface area contributed by atoms with Crippen LogP contribution in [0.1, 0.15) is 29.4 Å². The first-order valence-electron chi connectivity index (χ1n) is 7.96. The van der Waals surface area contributed by atoms with E-state index in [0.29, 0.717) is 5.56 Å².